The molecule has 1 aromatic heterocycles. The van der Waals surface area contributed by atoms with Crippen LogP contribution in [0.2, 0.25) is 0 Å². The van der Waals surface area contributed by atoms with E-state index in [0.29, 0.717) is 4.47 Å². The van der Waals surface area contributed by atoms with Crippen molar-refractivity contribution in [3.05, 3.63) is 25.7 Å². The van der Waals surface area contributed by atoms with E-state index in [1.54, 1.807) is 12.1 Å². The van der Waals surface area contributed by atoms with E-state index >= 15 is 0 Å². The minimum absolute atomic E-state index is 0.0910. The number of nitrogens with one attached hydrogen (secondary N) is 1. The first-order chi connectivity index (χ1) is 9.22. The van der Waals surface area contributed by atoms with Crippen molar-refractivity contribution in [1.29, 1.82) is 0 Å². The Bertz CT molecular complexity index is 731. The molecule has 0 aliphatic carbocycles. The van der Waals surface area contributed by atoms with Gasteiger partial charge in [0.2, 0.25) is 5.03 Å². The third-order valence-corrected chi connectivity index (χ3v) is 5.63. The number of nitrogen functional groups attached to an aromatic ring is 1. The van der Waals surface area contributed by atoms with Crippen LogP contribution in [-0.2, 0) is 17.1 Å². The maximum Gasteiger partial charge on any atom is 0.282 e. The lowest BCUT2D eigenvalue weighted by atomic mass is 10.3. The lowest BCUT2D eigenvalue weighted by Gasteiger charge is -2.12. The summed E-state index contributed by atoms with van der Waals surface area (Å²) in [4.78, 5) is 0. The molecule has 108 valence electrons. The number of nitrogens with zero attached hydrogens (tertiary/aromatic N) is 3. The molecule has 0 saturated heterocycles. The van der Waals surface area contributed by atoms with Crippen LogP contribution in [0.5, 0.6) is 0 Å². The number of nitrogens with two attached hydrogens (primary N) is 1. The molecular formula is C9H8Br3N5O2S. The fourth-order valence-corrected chi connectivity index (χ4v) is 5.19. The molecule has 0 aliphatic rings. The van der Waals surface area contributed by atoms with Crippen molar-refractivity contribution < 1.29 is 8.42 Å². The van der Waals surface area contributed by atoms with Gasteiger partial charge in [0.15, 0.2) is 4.60 Å². The highest BCUT2D eigenvalue weighted by atomic mass is 79.9. The SMILES string of the molecule is Cn1nnc(Br)c1S(=O)(=O)Nc1c(N)cc(Br)cc1Br. The number of sulfonamides is 1. The monoisotopic (exact) mass is 487 g/mol. The highest BCUT2D eigenvalue weighted by Crippen LogP contribution is 2.34. The topological polar surface area (TPSA) is 103 Å². The van der Waals surface area contributed by atoms with Gasteiger partial charge in [-0.25, -0.2) is 4.68 Å². The van der Waals surface area contributed by atoms with Crippen LogP contribution in [0.4, 0.5) is 11.4 Å². The summed E-state index contributed by atoms with van der Waals surface area (Å²) in [6.45, 7) is 0. The van der Waals surface area contributed by atoms with Crippen molar-refractivity contribution in [2.75, 3.05) is 10.5 Å². The van der Waals surface area contributed by atoms with Crippen molar-refractivity contribution >= 4 is 69.2 Å². The standard InChI is InChI=1S/C9H8Br3N5O2S/c1-17-9(8(12)14-16-17)20(18,19)15-7-5(11)2-4(10)3-6(7)13/h2-3,15H,13H2,1H3. The van der Waals surface area contributed by atoms with Gasteiger partial charge >= 0.3 is 0 Å². The zero-order chi connectivity index (χ0) is 15.1. The number of hydrogen-bond donors (Lipinski definition) is 2. The molecule has 0 spiro atoms. The average Bonchev–Trinajstić information content (AvgIpc) is 2.64. The molecule has 2 rings (SSSR count). The molecule has 1 heterocycles. The Morgan fingerprint density at radius 3 is 2.45 bits per heavy atom. The molecule has 0 atom stereocenters. The van der Waals surface area contributed by atoms with Crippen molar-refractivity contribution in [3.63, 3.8) is 0 Å². The second-order valence-corrected chi connectivity index (χ2v) is 7.89. The summed E-state index contributed by atoms with van der Waals surface area (Å²) >= 11 is 9.58. The van der Waals surface area contributed by atoms with Gasteiger partial charge in [-0.1, -0.05) is 21.1 Å². The minimum atomic E-state index is -3.87. The van der Waals surface area contributed by atoms with E-state index in [9.17, 15) is 8.42 Å². The third-order valence-electron chi connectivity index (χ3n) is 2.31. The van der Waals surface area contributed by atoms with E-state index in [1.165, 1.54) is 7.05 Å². The number of benzene rings is 1. The predicted molar refractivity (Wildman–Crippen MR) is 85.8 cm³/mol. The van der Waals surface area contributed by atoms with E-state index in [-0.39, 0.29) is 21.0 Å². The van der Waals surface area contributed by atoms with Crippen LogP contribution >= 0.6 is 47.8 Å². The molecule has 3 N–H and O–H groups in total. The third kappa shape index (κ3) is 3.00. The predicted octanol–water partition coefficient (Wildman–Crippen LogP) is 2.49. The molecule has 11 heteroatoms. The molecular weight excluding hydrogens is 482 g/mol. The average molecular weight is 490 g/mol. The summed E-state index contributed by atoms with van der Waals surface area (Å²) in [5, 5.41) is 7.19. The maximum atomic E-state index is 12.4. The summed E-state index contributed by atoms with van der Waals surface area (Å²) in [5.74, 6) is 0. The maximum absolute atomic E-state index is 12.4. The Morgan fingerprint density at radius 1 is 1.30 bits per heavy atom. The molecule has 20 heavy (non-hydrogen) atoms. The van der Waals surface area contributed by atoms with Crippen molar-refractivity contribution in [2.24, 2.45) is 7.05 Å². The molecule has 0 bridgehead atoms. The second-order valence-electron chi connectivity index (χ2n) is 3.77. The molecule has 2 aromatic rings. The Balaban J connectivity index is 2.50. The van der Waals surface area contributed by atoms with Gasteiger partial charge < -0.3 is 5.73 Å². The molecule has 1 aromatic carbocycles. The largest absolute Gasteiger partial charge is 0.397 e. The van der Waals surface area contributed by atoms with Crippen molar-refractivity contribution in [3.8, 4) is 0 Å². The van der Waals surface area contributed by atoms with Crippen LogP contribution in [0.25, 0.3) is 0 Å². The Morgan fingerprint density at radius 2 is 1.95 bits per heavy atom. The van der Waals surface area contributed by atoms with Gasteiger partial charge in [-0.3, -0.25) is 4.72 Å². The zero-order valence-electron chi connectivity index (χ0n) is 9.93. The number of aryl methyl sites for hydroxylation is 1. The quantitative estimate of drug-likeness (QED) is 0.645. The summed E-state index contributed by atoms with van der Waals surface area (Å²) in [5.41, 5.74) is 6.35. The Hall–Kier alpha value is -0.650. The van der Waals surface area contributed by atoms with E-state index in [0.717, 1.165) is 9.15 Å². The summed E-state index contributed by atoms with van der Waals surface area (Å²) in [7, 11) is -2.39. The van der Waals surface area contributed by atoms with Gasteiger partial charge in [0, 0.05) is 16.0 Å². The molecule has 7 nitrogen and oxygen atoms in total. The van der Waals surface area contributed by atoms with Gasteiger partial charge in [-0.05, 0) is 44.0 Å². The van der Waals surface area contributed by atoms with Gasteiger partial charge in [0.1, 0.15) is 0 Å². The van der Waals surface area contributed by atoms with Crippen molar-refractivity contribution in [1.82, 2.24) is 15.0 Å². The van der Waals surface area contributed by atoms with Crippen LogP contribution in [0.3, 0.4) is 0 Å². The molecule has 0 saturated carbocycles. The summed E-state index contributed by atoms with van der Waals surface area (Å²) < 4.78 is 29.7. The lowest BCUT2D eigenvalue weighted by Crippen LogP contribution is -2.18. The van der Waals surface area contributed by atoms with Crippen LogP contribution in [0.1, 0.15) is 0 Å². The first-order valence-corrected chi connectivity index (χ1v) is 8.91. The van der Waals surface area contributed by atoms with Gasteiger partial charge in [-0.2, -0.15) is 8.42 Å². The van der Waals surface area contributed by atoms with Gasteiger partial charge in [0.05, 0.1) is 11.4 Å². The van der Waals surface area contributed by atoms with Gasteiger partial charge in [-0.15, -0.1) is 5.10 Å². The van der Waals surface area contributed by atoms with E-state index < -0.39 is 10.0 Å². The van der Waals surface area contributed by atoms with E-state index in [4.69, 9.17) is 5.73 Å². The molecule has 0 amide bonds. The Kier molecular flexibility index (Phi) is 4.42. The van der Waals surface area contributed by atoms with Crippen LogP contribution in [0, 0.1) is 0 Å². The highest BCUT2D eigenvalue weighted by Gasteiger charge is 2.25. The minimum Gasteiger partial charge on any atom is -0.397 e. The fourth-order valence-electron chi connectivity index (χ4n) is 1.49. The summed E-state index contributed by atoms with van der Waals surface area (Å²) in [6.07, 6.45) is 0. The normalized spacial score (nSPS) is 11.6. The molecule has 0 radical (unpaired) electrons. The summed E-state index contributed by atoms with van der Waals surface area (Å²) in [6, 6.07) is 3.28. The first-order valence-electron chi connectivity index (χ1n) is 5.05. The number of hydrogen-bond acceptors (Lipinski definition) is 5. The fraction of sp³-hybridized carbons (Fsp3) is 0.111. The van der Waals surface area contributed by atoms with Gasteiger partial charge in [0.25, 0.3) is 10.0 Å². The highest BCUT2D eigenvalue weighted by molar-refractivity contribution is 9.11. The van der Waals surface area contributed by atoms with E-state index in [1.807, 2.05) is 0 Å². The number of anilines is 2. The van der Waals surface area contributed by atoms with Crippen LogP contribution < -0.4 is 10.5 Å². The Labute approximate surface area is 140 Å². The molecule has 0 fully saturated rings. The van der Waals surface area contributed by atoms with Crippen molar-refractivity contribution in [2.45, 2.75) is 5.03 Å². The number of halogens is 3. The second kappa shape index (κ2) is 5.62. The first kappa shape index (κ1) is 15.7. The van der Waals surface area contributed by atoms with Crippen LogP contribution in [0.15, 0.2) is 30.7 Å². The molecule has 0 unspecified atom stereocenters. The number of rotatable bonds is 3. The van der Waals surface area contributed by atoms with Crippen LogP contribution in [-0.4, -0.2) is 23.4 Å². The zero-order valence-corrected chi connectivity index (χ0v) is 15.5. The molecule has 0 aliphatic heterocycles. The smallest absolute Gasteiger partial charge is 0.282 e. The van der Waals surface area contributed by atoms with E-state index in [2.05, 4.69) is 62.8 Å². The number of aromatic nitrogens is 3. The lowest BCUT2D eigenvalue weighted by molar-refractivity contribution is 0.578.